The monoisotopic (exact) mass is 718 g/mol. The van der Waals surface area contributed by atoms with Crippen LogP contribution in [0.2, 0.25) is 0 Å². The Morgan fingerprint density at radius 2 is 1.28 bits per heavy atom. The van der Waals surface area contributed by atoms with Gasteiger partial charge in [0, 0.05) is 31.2 Å². The van der Waals surface area contributed by atoms with Crippen LogP contribution in [0, 0.1) is 18.3 Å². The second kappa shape index (κ2) is 10.9. The third kappa shape index (κ3) is 4.31. The molecule has 2 atom stereocenters. The highest BCUT2D eigenvalue weighted by Crippen LogP contribution is 2.68. The third-order valence-electron chi connectivity index (χ3n) is 12.7. The van der Waals surface area contributed by atoms with Gasteiger partial charge in [0.25, 0.3) is 0 Å². The summed E-state index contributed by atoms with van der Waals surface area (Å²) < 4.78 is 5.36. The number of hydrogen-bond donors (Lipinski definition) is 1. The second-order valence-corrected chi connectivity index (χ2v) is 20.0. The van der Waals surface area contributed by atoms with Crippen molar-refractivity contribution in [3.05, 3.63) is 144 Å². The fraction of sp³-hybridized carbons (Fsp3) is 0.216. The van der Waals surface area contributed by atoms with Crippen LogP contribution < -0.4 is 0 Å². The molecule has 0 spiro atoms. The Morgan fingerprint density at radius 3 is 1.98 bits per heavy atom. The molecule has 2 unspecified atom stereocenters. The van der Waals surface area contributed by atoms with E-state index in [0.717, 1.165) is 6.42 Å². The van der Waals surface area contributed by atoms with E-state index in [4.69, 9.17) is 0 Å². The molecule has 2 nitrogen and oxygen atoms in total. The van der Waals surface area contributed by atoms with Crippen LogP contribution in [0.1, 0.15) is 63.9 Å². The molecule has 4 heterocycles. The highest BCUT2D eigenvalue weighted by Gasteiger charge is 2.41. The summed E-state index contributed by atoms with van der Waals surface area (Å²) in [5.74, 6) is 0.476. The van der Waals surface area contributed by atoms with E-state index in [1.54, 1.807) is 0 Å². The van der Waals surface area contributed by atoms with E-state index in [1.165, 1.54) is 103 Å². The largest absolute Gasteiger partial charge is 0.307 e. The zero-order valence-corrected chi connectivity index (χ0v) is 33.1. The van der Waals surface area contributed by atoms with Gasteiger partial charge in [0.15, 0.2) is 0 Å². The van der Waals surface area contributed by atoms with Crippen LogP contribution in [0.4, 0.5) is 0 Å². The molecule has 0 saturated heterocycles. The van der Waals surface area contributed by atoms with Crippen LogP contribution in [0.25, 0.3) is 72.4 Å². The van der Waals surface area contributed by atoms with Gasteiger partial charge in [-0.05, 0) is 111 Å². The van der Waals surface area contributed by atoms with Gasteiger partial charge in [-0.3, -0.25) is 0 Å². The van der Waals surface area contributed by atoms with E-state index in [1.807, 2.05) is 0 Å². The Hall–Kier alpha value is -5.25. The van der Waals surface area contributed by atoms with Crippen molar-refractivity contribution in [1.82, 2.24) is 9.13 Å². The summed E-state index contributed by atoms with van der Waals surface area (Å²) in [5.41, 5.74) is 16.4. The standard InChI is InChI=1S/C51H46N2S/c1-30-38-24-33-20-14-15-21-37(33)48-47(38)53(45(30)32-18-12-9-13-19-32)43-26-34(31-16-10-8-11-17-31)25-42-49(43)54(48)44-29-36(51(5,6)7)28-40-39-27-35(50(2,3)4)22-23-41(39)52(42)46(40)44/h8-26,28-29,35,54H,27H2,1-7H3. The average molecular weight is 719 g/mol. The van der Waals surface area contributed by atoms with Crippen LogP contribution in [-0.4, -0.2) is 9.13 Å². The summed E-state index contributed by atoms with van der Waals surface area (Å²) in [6.07, 6.45) is 6.04. The van der Waals surface area contributed by atoms with Gasteiger partial charge >= 0.3 is 0 Å². The number of fused-ring (bicyclic) bond motifs is 9. The minimum atomic E-state index is -0.930. The maximum atomic E-state index is 2.69. The molecule has 8 aromatic rings. The molecule has 6 aromatic carbocycles. The van der Waals surface area contributed by atoms with Gasteiger partial charge < -0.3 is 9.13 Å². The van der Waals surface area contributed by atoms with Gasteiger partial charge in [-0.15, -0.1) is 0 Å². The lowest BCUT2D eigenvalue weighted by atomic mass is 9.74. The Balaban J connectivity index is 1.38. The molecular weight excluding hydrogens is 673 g/mol. The maximum absolute atomic E-state index is 2.69. The van der Waals surface area contributed by atoms with Crippen LogP contribution in [0.5, 0.6) is 0 Å². The molecule has 0 saturated carbocycles. The van der Waals surface area contributed by atoms with Crippen molar-refractivity contribution < 1.29 is 0 Å². The molecule has 54 heavy (non-hydrogen) atoms. The summed E-state index contributed by atoms with van der Waals surface area (Å²) in [5, 5.41) is 5.52. The fourth-order valence-corrected chi connectivity index (χ4v) is 12.9. The highest BCUT2D eigenvalue weighted by atomic mass is 32.2. The van der Waals surface area contributed by atoms with Gasteiger partial charge in [0.05, 0.1) is 28.1 Å². The molecule has 0 radical (unpaired) electrons. The van der Waals surface area contributed by atoms with Crippen LogP contribution >= 0.6 is 10.9 Å². The second-order valence-electron chi connectivity index (χ2n) is 18.0. The number of rotatable bonds is 2. The first kappa shape index (κ1) is 32.2. The van der Waals surface area contributed by atoms with Gasteiger partial charge in [-0.2, -0.15) is 10.9 Å². The van der Waals surface area contributed by atoms with E-state index in [-0.39, 0.29) is 10.8 Å². The lowest BCUT2D eigenvalue weighted by Crippen LogP contribution is -2.23. The van der Waals surface area contributed by atoms with Crippen molar-refractivity contribution in [3.63, 3.8) is 0 Å². The predicted octanol–water partition coefficient (Wildman–Crippen LogP) is 14.0. The van der Waals surface area contributed by atoms with Crippen molar-refractivity contribution in [2.75, 3.05) is 0 Å². The molecule has 0 fully saturated rings. The first-order valence-electron chi connectivity index (χ1n) is 19.6. The number of thiol groups is 1. The van der Waals surface area contributed by atoms with E-state index in [0.29, 0.717) is 5.92 Å². The smallest absolute Gasteiger partial charge is 0.0669 e. The van der Waals surface area contributed by atoms with Crippen LogP contribution in [0.3, 0.4) is 0 Å². The SMILES string of the molecule is Cc1c(-c2ccccc2)n2c3c(c4ccccc4cc13)[SH]1c3c(cc(-c4ccccc4)cc3-2)-n2c3c(c4cc(C(C)(C)C)cc1c42)CC(C(C)(C)C)C=C3. The zero-order chi connectivity index (χ0) is 36.8. The molecule has 2 aromatic heterocycles. The Bertz CT molecular complexity index is 2920. The number of benzene rings is 6. The Morgan fingerprint density at radius 1 is 0.611 bits per heavy atom. The van der Waals surface area contributed by atoms with Crippen LogP contribution in [0.15, 0.2) is 136 Å². The molecule has 1 aliphatic carbocycles. The number of allylic oxidation sites excluding steroid dienone is 1. The molecule has 2 aliphatic heterocycles. The van der Waals surface area contributed by atoms with Crippen molar-refractivity contribution in [2.45, 2.75) is 75.0 Å². The molecule has 3 heteroatoms. The molecule has 0 amide bonds. The molecule has 0 N–H and O–H groups in total. The van der Waals surface area contributed by atoms with Crippen LogP contribution in [-0.2, 0) is 11.8 Å². The minimum Gasteiger partial charge on any atom is -0.307 e. The average Bonchev–Trinajstić information content (AvgIpc) is 3.66. The van der Waals surface area contributed by atoms with Crippen molar-refractivity contribution in [2.24, 2.45) is 11.3 Å². The molecule has 0 bridgehead atoms. The lowest BCUT2D eigenvalue weighted by molar-refractivity contribution is 0.291. The fourth-order valence-electron chi connectivity index (χ4n) is 9.78. The van der Waals surface area contributed by atoms with E-state index < -0.39 is 10.9 Å². The highest BCUT2D eigenvalue weighted by molar-refractivity contribution is 8.18. The van der Waals surface area contributed by atoms with Gasteiger partial charge in [-0.1, -0.05) is 133 Å². The normalized spacial score (nSPS) is 17.7. The van der Waals surface area contributed by atoms with Gasteiger partial charge in [-0.25, -0.2) is 0 Å². The predicted molar refractivity (Wildman–Crippen MR) is 231 cm³/mol. The van der Waals surface area contributed by atoms with Crippen molar-refractivity contribution in [1.29, 1.82) is 0 Å². The van der Waals surface area contributed by atoms with E-state index in [2.05, 4.69) is 185 Å². The first-order chi connectivity index (χ1) is 26.0. The minimum absolute atomic E-state index is 0.00433. The molecular formula is C51H46N2S. The van der Waals surface area contributed by atoms with Crippen molar-refractivity contribution >= 4 is 49.5 Å². The number of aromatic nitrogens is 2. The van der Waals surface area contributed by atoms with Gasteiger partial charge in [0.2, 0.25) is 0 Å². The zero-order valence-electron chi connectivity index (χ0n) is 32.3. The summed E-state index contributed by atoms with van der Waals surface area (Å²) in [6, 6.07) is 44.0. The summed E-state index contributed by atoms with van der Waals surface area (Å²) in [6.45, 7) is 16.7. The number of aryl methyl sites for hydroxylation is 1. The first-order valence-corrected chi connectivity index (χ1v) is 20.9. The summed E-state index contributed by atoms with van der Waals surface area (Å²) in [4.78, 5) is 4.49. The Labute approximate surface area is 321 Å². The topological polar surface area (TPSA) is 9.86 Å². The number of nitrogens with zero attached hydrogens (tertiary/aromatic N) is 2. The third-order valence-corrected chi connectivity index (χ3v) is 15.3. The van der Waals surface area contributed by atoms with Gasteiger partial charge in [0.1, 0.15) is 0 Å². The lowest BCUT2D eigenvalue weighted by Gasteiger charge is -2.39. The quantitative estimate of drug-likeness (QED) is 0.171. The summed E-state index contributed by atoms with van der Waals surface area (Å²) >= 11 is 0. The Kier molecular flexibility index (Phi) is 6.51. The number of hydrogen-bond acceptors (Lipinski definition) is 0. The molecule has 266 valence electrons. The molecule has 11 rings (SSSR count). The summed E-state index contributed by atoms with van der Waals surface area (Å²) in [7, 11) is -0.930. The van der Waals surface area contributed by atoms with Crippen molar-refractivity contribution in [3.8, 4) is 33.8 Å². The van der Waals surface area contributed by atoms with E-state index in [9.17, 15) is 0 Å². The van der Waals surface area contributed by atoms with E-state index >= 15 is 0 Å². The maximum Gasteiger partial charge on any atom is 0.0669 e. The molecule has 3 aliphatic rings.